The van der Waals surface area contributed by atoms with Crippen LogP contribution >= 0.6 is 11.8 Å². The highest BCUT2D eigenvalue weighted by molar-refractivity contribution is 8.17. The molecule has 0 aliphatic carbocycles. The van der Waals surface area contributed by atoms with Crippen LogP contribution in [0.15, 0.2) is 4.99 Å². The van der Waals surface area contributed by atoms with E-state index < -0.39 is 39.9 Å². The fraction of sp³-hybridized carbons (Fsp3) is 0.714. The molecule has 0 aromatic carbocycles. The van der Waals surface area contributed by atoms with Gasteiger partial charge in [0.15, 0.2) is 5.84 Å². The minimum Gasteiger partial charge on any atom is -0.361 e. The summed E-state index contributed by atoms with van der Waals surface area (Å²) in [6.45, 7) is 0. The number of nitrogens with zero attached hydrogens (tertiary/aromatic N) is 2. The molecule has 0 atom stereocenters. The second-order valence-corrected chi connectivity index (χ2v) is 4.60. The molecular formula is C7H7F6N3S. The van der Waals surface area contributed by atoms with Crippen molar-refractivity contribution >= 4 is 22.6 Å². The van der Waals surface area contributed by atoms with Gasteiger partial charge < -0.3 is 4.90 Å². The van der Waals surface area contributed by atoms with Gasteiger partial charge in [0.1, 0.15) is 5.04 Å². The number of nitrogens with one attached hydrogen (secondary N) is 1. The first-order valence-electron chi connectivity index (χ1n) is 4.11. The monoisotopic (exact) mass is 279 g/mol. The van der Waals surface area contributed by atoms with Crippen molar-refractivity contribution < 1.29 is 26.3 Å². The predicted octanol–water partition coefficient (Wildman–Crippen LogP) is 2.49. The maximum absolute atomic E-state index is 12.6. The highest BCUT2D eigenvalue weighted by Gasteiger charge is 2.75. The molecule has 0 bridgehead atoms. The first-order chi connectivity index (χ1) is 7.42. The highest BCUT2D eigenvalue weighted by Crippen LogP contribution is 2.56. The standard InChI is InChI=1S/C7H7F6N3S/c1-16(2)4-3(14)17-5(15-4,6(8,9)10)7(11,12)13/h14H,1-2H3. The fourth-order valence-corrected chi connectivity index (χ4v) is 2.10. The average molecular weight is 279 g/mol. The summed E-state index contributed by atoms with van der Waals surface area (Å²) >= 11 is -0.649. The van der Waals surface area contributed by atoms with E-state index in [1.165, 1.54) is 14.1 Å². The molecule has 1 N–H and O–H groups in total. The number of halogens is 6. The molecule has 0 spiro atoms. The maximum Gasteiger partial charge on any atom is 0.432 e. The van der Waals surface area contributed by atoms with Gasteiger partial charge in [-0.2, -0.15) is 26.3 Å². The number of hydrogen-bond acceptors (Lipinski definition) is 4. The fourth-order valence-electron chi connectivity index (χ4n) is 1.12. The molecule has 0 unspecified atom stereocenters. The molecule has 0 radical (unpaired) electrons. The van der Waals surface area contributed by atoms with Gasteiger partial charge in [-0.15, -0.1) is 0 Å². The van der Waals surface area contributed by atoms with Crippen LogP contribution in [0.4, 0.5) is 26.3 Å². The second-order valence-electron chi connectivity index (χ2n) is 3.40. The molecule has 0 aromatic rings. The van der Waals surface area contributed by atoms with Crippen LogP contribution in [0.5, 0.6) is 0 Å². The molecule has 1 aliphatic rings. The number of rotatable bonds is 0. The topological polar surface area (TPSA) is 39.5 Å². The van der Waals surface area contributed by atoms with Gasteiger partial charge in [-0.05, 0) is 0 Å². The summed E-state index contributed by atoms with van der Waals surface area (Å²) in [5.74, 6) is -0.635. The lowest BCUT2D eigenvalue weighted by Crippen LogP contribution is -2.51. The van der Waals surface area contributed by atoms with Crippen LogP contribution in [0.1, 0.15) is 0 Å². The van der Waals surface area contributed by atoms with E-state index in [0.717, 1.165) is 4.90 Å². The van der Waals surface area contributed by atoms with Gasteiger partial charge in [0.2, 0.25) is 0 Å². The zero-order chi connectivity index (χ0) is 13.6. The van der Waals surface area contributed by atoms with Crippen LogP contribution in [0, 0.1) is 5.41 Å². The van der Waals surface area contributed by atoms with E-state index in [1.54, 1.807) is 0 Å². The largest absolute Gasteiger partial charge is 0.432 e. The third-order valence-electron chi connectivity index (χ3n) is 1.91. The van der Waals surface area contributed by atoms with Crippen molar-refractivity contribution in [2.45, 2.75) is 17.2 Å². The maximum atomic E-state index is 12.6. The smallest absolute Gasteiger partial charge is 0.361 e. The first-order valence-corrected chi connectivity index (χ1v) is 4.92. The highest BCUT2D eigenvalue weighted by atomic mass is 32.2. The van der Waals surface area contributed by atoms with Gasteiger partial charge in [-0.3, -0.25) is 5.41 Å². The number of alkyl halides is 6. The van der Waals surface area contributed by atoms with Gasteiger partial charge in [0, 0.05) is 14.1 Å². The van der Waals surface area contributed by atoms with Gasteiger partial charge in [-0.1, -0.05) is 11.8 Å². The summed E-state index contributed by atoms with van der Waals surface area (Å²) in [5.41, 5.74) is 0. The Kier molecular flexibility index (Phi) is 3.15. The molecule has 17 heavy (non-hydrogen) atoms. The van der Waals surface area contributed by atoms with Crippen LogP contribution in [-0.2, 0) is 0 Å². The lowest BCUT2D eigenvalue weighted by molar-refractivity contribution is -0.261. The molecule has 0 aromatic heterocycles. The Morgan fingerprint density at radius 2 is 1.53 bits per heavy atom. The Bertz CT molecular complexity index is 355. The molecule has 0 saturated carbocycles. The van der Waals surface area contributed by atoms with Gasteiger partial charge in [0.05, 0.1) is 0 Å². The Morgan fingerprint density at radius 3 is 1.71 bits per heavy atom. The molecule has 1 rings (SSSR count). The van der Waals surface area contributed by atoms with Crippen molar-refractivity contribution in [1.82, 2.24) is 4.90 Å². The van der Waals surface area contributed by atoms with Crippen LogP contribution in [0.3, 0.4) is 0 Å². The van der Waals surface area contributed by atoms with Crippen molar-refractivity contribution in [1.29, 1.82) is 5.41 Å². The summed E-state index contributed by atoms with van der Waals surface area (Å²) in [5, 5.41) is 6.29. The van der Waals surface area contributed by atoms with Crippen molar-refractivity contribution in [3.8, 4) is 0 Å². The van der Waals surface area contributed by atoms with Crippen molar-refractivity contribution in [2.24, 2.45) is 4.99 Å². The number of thioether (sulfide) groups is 1. The molecule has 3 nitrogen and oxygen atoms in total. The van der Waals surface area contributed by atoms with Crippen molar-refractivity contribution in [2.75, 3.05) is 14.1 Å². The Hall–Kier alpha value is -0.930. The molecule has 1 aliphatic heterocycles. The molecular weight excluding hydrogens is 272 g/mol. The van der Waals surface area contributed by atoms with E-state index in [1.807, 2.05) is 0 Å². The molecule has 0 fully saturated rings. The van der Waals surface area contributed by atoms with E-state index in [4.69, 9.17) is 5.41 Å². The van der Waals surface area contributed by atoms with Gasteiger partial charge in [0.25, 0.3) is 0 Å². The number of aliphatic imine (C=N–C) groups is 1. The predicted molar refractivity (Wildman–Crippen MR) is 51.3 cm³/mol. The van der Waals surface area contributed by atoms with Crippen LogP contribution < -0.4 is 0 Å². The normalized spacial score (nSPS) is 20.5. The van der Waals surface area contributed by atoms with Crippen LogP contribution in [0.2, 0.25) is 0 Å². The summed E-state index contributed by atoms with van der Waals surface area (Å²) in [6.07, 6.45) is -11.2. The minimum atomic E-state index is -5.61. The molecule has 0 amide bonds. The van der Waals surface area contributed by atoms with Gasteiger partial charge >= 0.3 is 17.2 Å². The summed E-state index contributed by atoms with van der Waals surface area (Å²) in [4.78, 5) is -0.655. The third-order valence-corrected chi connectivity index (χ3v) is 3.14. The Balaban J connectivity index is 3.37. The zero-order valence-electron chi connectivity index (χ0n) is 8.57. The SMILES string of the molecule is CN(C)C1=NC(C(F)(F)F)(C(F)(F)F)SC1=N. The van der Waals surface area contributed by atoms with Crippen molar-refractivity contribution in [3.63, 3.8) is 0 Å². The van der Waals surface area contributed by atoms with E-state index in [0.29, 0.717) is 0 Å². The van der Waals surface area contributed by atoms with E-state index >= 15 is 0 Å². The molecule has 0 saturated heterocycles. The first kappa shape index (κ1) is 14.1. The van der Waals surface area contributed by atoms with Crippen LogP contribution in [-0.4, -0.2) is 47.1 Å². The lowest BCUT2D eigenvalue weighted by Gasteiger charge is -2.29. The number of hydrogen-bond donors (Lipinski definition) is 1. The molecule has 98 valence electrons. The van der Waals surface area contributed by atoms with Crippen molar-refractivity contribution in [3.05, 3.63) is 0 Å². The second kappa shape index (κ2) is 3.79. The van der Waals surface area contributed by atoms with E-state index in [-0.39, 0.29) is 0 Å². The van der Waals surface area contributed by atoms with Gasteiger partial charge in [-0.25, -0.2) is 4.99 Å². The summed E-state index contributed by atoms with van der Waals surface area (Å²) in [6, 6.07) is 0. The molecule has 1 heterocycles. The summed E-state index contributed by atoms with van der Waals surface area (Å²) in [7, 11) is 2.44. The average Bonchev–Trinajstić information content (AvgIpc) is 2.41. The van der Waals surface area contributed by atoms with E-state index in [9.17, 15) is 26.3 Å². The Labute approximate surface area is 96.4 Å². The lowest BCUT2D eigenvalue weighted by atomic mass is 10.2. The zero-order valence-corrected chi connectivity index (χ0v) is 9.39. The molecule has 10 heteroatoms. The Morgan fingerprint density at radius 1 is 1.12 bits per heavy atom. The van der Waals surface area contributed by atoms with Crippen LogP contribution in [0.25, 0.3) is 0 Å². The third kappa shape index (κ3) is 2.09. The summed E-state index contributed by atoms with van der Waals surface area (Å²) < 4.78 is 75.4. The number of amidine groups is 1. The van der Waals surface area contributed by atoms with E-state index in [2.05, 4.69) is 4.99 Å². The quantitative estimate of drug-likeness (QED) is 0.692. The minimum absolute atomic E-state index is 0.635.